The van der Waals surface area contributed by atoms with Crippen LogP contribution in [-0.2, 0) is 15.4 Å². The fraction of sp³-hybridized carbons (Fsp3) is 0.455. The first-order valence-electron chi connectivity index (χ1n) is 10.0. The molecule has 0 amide bonds. The van der Waals surface area contributed by atoms with E-state index in [1.807, 2.05) is 16.9 Å². The van der Waals surface area contributed by atoms with Gasteiger partial charge in [0.05, 0.1) is 10.6 Å². The molecule has 29 heavy (non-hydrogen) atoms. The van der Waals surface area contributed by atoms with Crippen molar-refractivity contribution in [2.24, 2.45) is 17.8 Å². The van der Waals surface area contributed by atoms with Gasteiger partial charge in [-0.1, -0.05) is 12.1 Å². The van der Waals surface area contributed by atoms with Gasteiger partial charge < -0.3 is 0 Å². The van der Waals surface area contributed by atoms with Crippen LogP contribution in [0, 0.1) is 35.2 Å². The molecule has 2 aromatic carbocycles. The molecule has 1 N–H and O–H groups in total. The molecule has 0 atom stereocenters. The summed E-state index contributed by atoms with van der Waals surface area (Å²) in [7, 11) is -4.12. The Hall–Kier alpha value is -2.02. The zero-order valence-corrected chi connectivity index (χ0v) is 16.6. The summed E-state index contributed by atoms with van der Waals surface area (Å²) in [6.07, 6.45) is 7.50. The van der Waals surface area contributed by atoms with Crippen LogP contribution in [0.3, 0.4) is 0 Å². The Labute approximate surface area is 168 Å². The van der Waals surface area contributed by atoms with E-state index < -0.39 is 33.2 Å². The fourth-order valence-corrected chi connectivity index (χ4v) is 7.32. The maximum Gasteiger partial charge on any atom is 0.261 e. The summed E-state index contributed by atoms with van der Waals surface area (Å²) in [4.78, 5) is -0.0323. The summed E-state index contributed by atoms with van der Waals surface area (Å²) >= 11 is 0. The van der Waals surface area contributed by atoms with Gasteiger partial charge in [-0.25, -0.2) is 21.6 Å². The van der Waals surface area contributed by atoms with Crippen LogP contribution in [0.15, 0.2) is 41.3 Å². The second-order valence-electron chi connectivity index (χ2n) is 9.05. The van der Waals surface area contributed by atoms with Crippen molar-refractivity contribution in [3.8, 4) is 0 Å². The fourth-order valence-electron chi connectivity index (χ4n) is 6.26. The van der Waals surface area contributed by atoms with E-state index in [9.17, 15) is 21.6 Å². The molecule has 0 unspecified atom stereocenters. The molecule has 0 spiro atoms. The number of hydrogen-bond donors (Lipinski definition) is 1. The number of anilines is 1. The normalized spacial score (nSPS) is 30.5. The number of benzene rings is 2. The van der Waals surface area contributed by atoms with E-state index >= 15 is 0 Å². The minimum absolute atomic E-state index is 0.0323. The molecule has 154 valence electrons. The second-order valence-corrected chi connectivity index (χ2v) is 10.7. The number of nitrogens with one attached hydrogen (secondary N) is 1. The van der Waals surface area contributed by atoms with Gasteiger partial charge in [0.1, 0.15) is 0 Å². The summed E-state index contributed by atoms with van der Waals surface area (Å²) in [6.45, 7) is 0. The van der Waals surface area contributed by atoms with Crippen LogP contribution >= 0.6 is 0 Å². The Morgan fingerprint density at radius 2 is 1.34 bits per heavy atom. The SMILES string of the molecule is O=S(=O)(Nc1ccc(F)c(F)c1F)c1ccc(C23CC4CC(CC(C4)C2)C3)cc1. The van der Waals surface area contributed by atoms with Crippen molar-refractivity contribution in [1.29, 1.82) is 0 Å². The Balaban J connectivity index is 1.41. The molecular weight excluding hydrogens is 399 g/mol. The van der Waals surface area contributed by atoms with Crippen molar-refractivity contribution in [2.45, 2.75) is 48.8 Å². The molecule has 6 rings (SSSR count). The molecule has 4 aliphatic rings. The van der Waals surface area contributed by atoms with Gasteiger partial charge in [0.2, 0.25) is 0 Å². The Kier molecular flexibility index (Phi) is 4.25. The Morgan fingerprint density at radius 1 is 0.793 bits per heavy atom. The average Bonchev–Trinajstić information content (AvgIpc) is 2.67. The smallest absolute Gasteiger partial charge is 0.261 e. The first-order chi connectivity index (χ1) is 13.8. The quantitative estimate of drug-likeness (QED) is 0.675. The van der Waals surface area contributed by atoms with Gasteiger partial charge in [-0.15, -0.1) is 0 Å². The molecular formula is C22H22F3NO2S. The van der Waals surface area contributed by atoms with E-state index in [2.05, 4.69) is 0 Å². The highest BCUT2D eigenvalue weighted by Crippen LogP contribution is 2.60. The lowest BCUT2D eigenvalue weighted by atomic mass is 9.48. The van der Waals surface area contributed by atoms with E-state index in [0.717, 1.165) is 23.8 Å². The summed E-state index contributed by atoms with van der Waals surface area (Å²) < 4.78 is 67.6. The molecule has 7 heteroatoms. The van der Waals surface area contributed by atoms with Crippen molar-refractivity contribution in [1.82, 2.24) is 0 Å². The van der Waals surface area contributed by atoms with Crippen molar-refractivity contribution in [2.75, 3.05) is 4.72 Å². The van der Waals surface area contributed by atoms with Gasteiger partial charge in [0.15, 0.2) is 17.5 Å². The lowest BCUT2D eigenvalue weighted by Gasteiger charge is -2.57. The maximum atomic E-state index is 13.9. The van der Waals surface area contributed by atoms with Crippen molar-refractivity contribution in [3.63, 3.8) is 0 Å². The minimum atomic E-state index is -4.12. The zero-order valence-electron chi connectivity index (χ0n) is 15.8. The van der Waals surface area contributed by atoms with E-state index in [-0.39, 0.29) is 10.3 Å². The molecule has 0 saturated heterocycles. The highest BCUT2D eigenvalue weighted by Gasteiger charge is 2.51. The predicted molar refractivity (Wildman–Crippen MR) is 103 cm³/mol. The first-order valence-corrected chi connectivity index (χ1v) is 11.5. The Morgan fingerprint density at radius 3 is 1.90 bits per heavy atom. The van der Waals surface area contributed by atoms with Gasteiger partial charge in [-0.3, -0.25) is 4.72 Å². The van der Waals surface area contributed by atoms with E-state index in [4.69, 9.17) is 0 Å². The molecule has 2 aromatic rings. The van der Waals surface area contributed by atoms with Crippen molar-refractivity contribution in [3.05, 3.63) is 59.4 Å². The summed E-state index contributed by atoms with van der Waals surface area (Å²) in [5, 5.41) is 0. The number of hydrogen-bond acceptors (Lipinski definition) is 2. The van der Waals surface area contributed by atoms with Crippen LogP contribution in [0.2, 0.25) is 0 Å². The molecule has 4 aliphatic carbocycles. The summed E-state index contributed by atoms with van der Waals surface area (Å²) in [5.41, 5.74) is 0.708. The van der Waals surface area contributed by atoms with Crippen LogP contribution in [0.5, 0.6) is 0 Å². The topological polar surface area (TPSA) is 46.2 Å². The van der Waals surface area contributed by atoms with Crippen LogP contribution in [0.25, 0.3) is 0 Å². The van der Waals surface area contributed by atoms with Gasteiger partial charge >= 0.3 is 0 Å². The first kappa shape index (κ1) is 19.0. The maximum absolute atomic E-state index is 13.9. The standard InChI is InChI=1S/C22H22F3NO2S/c23-18-5-6-19(21(25)20(18)24)26-29(27,28)17-3-1-16(2-4-17)22-10-13-7-14(11-22)9-15(8-13)12-22/h1-6,13-15,26H,7-12H2. The van der Waals surface area contributed by atoms with Crippen LogP contribution < -0.4 is 4.72 Å². The molecule has 4 fully saturated rings. The predicted octanol–water partition coefficient (Wildman–Crippen LogP) is 5.37. The third-order valence-electron chi connectivity index (χ3n) is 7.09. The molecule has 0 heterocycles. The van der Waals surface area contributed by atoms with E-state index in [1.54, 1.807) is 0 Å². The third-order valence-corrected chi connectivity index (χ3v) is 8.48. The third kappa shape index (κ3) is 3.14. The van der Waals surface area contributed by atoms with Crippen molar-refractivity contribution < 1.29 is 21.6 Å². The van der Waals surface area contributed by atoms with Crippen LogP contribution in [0.4, 0.5) is 18.9 Å². The molecule has 4 bridgehead atoms. The zero-order chi connectivity index (χ0) is 20.4. The van der Waals surface area contributed by atoms with Gasteiger partial charge in [0, 0.05) is 0 Å². The van der Waals surface area contributed by atoms with Gasteiger partial charge in [-0.05, 0) is 91.5 Å². The van der Waals surface area contributed by atoms with Crippen molar-refractivity contribution >= 4 is 15.7 Å². The largest absolute Gasteiger partial charge is 0.277 e. The molecule has 0 aromatic heterocycles. The lowest BCUT2D eigenvalue weighted by molar-refractivity contribution is -0.00521. The molecule has 3 nitrogen and oxygen atoms in total. The highest BCUT2D eigenvalue weighted by atomic mass is 32.2. The molecule has 0 radical (unpaired) electrons. The van der Waals surface area contributed by atoms with Crippen LogP contribution in [-0.4, -0.2) is 8.42 Å². The molecule has 4 saturated carbocycles. The number of halogens is 3. The highest BCUT2D eigenvalue weighted by molar-refractivity contribution is 7.92. The van der Waals surface area contributed by atoms with Crippen LogP contribution in [0.1, 0.15) is 44.1 Å². The van der Waals surface area contributed by atoms with E-state index in [1.165, 1.54) is 56.2 Å². The minimum Gasteiger partial charge on any atom is -0.277 e. The number of rotatable bonds is 4. The van der Waals surface area contributed by atoms with Gasteiger partial charge in [-0.2, -0.15) is 0 Å². The monoisotopic (exact) mass is 421 g/mol. The lowest BCUT2D eigenvalue weighted by Crippen LogP contribution is -2.48. The summed E-state index contributed by atoms with van der Waals surface area (Å²) in [5.74, 6) is -2.29. The summed E-state index contributed by atoms with van der Waals surface area (Å²) in [6, 6.07) is 8.33. The average molecular weight is 421 g/mol. The van der Waals surface area contributed by atoms with E-state index in [0.29, 0.717) is 6.07 Å². The molecule has 0 aliphatic heterocycles. The Bertz CT molecular complexity index is 1030. The van der Waals surface area contributed by atoms with Gasteiger partial charge in [0.25, 0.3) is 10.0 Å². The number of sulfonamides is 1. The second kappa shape index (κ2) is 6.49.